The van der Waals surface area contributed by atoms with Crippen LogP contribution < -0.4 is 16.0 Å². The van der Waals surface area contributed by atoms with Crippen molar-refractivity contribution in [3.63, 3.8) is 0 Å². The van der Waals surface area contributed by atoms with Crippen molar-refractivity contribution in [1.82, 2.24) is 15.1 Å². The number of carbonyl (C=O) groups excluding carboxylic acids is 2. The molecule has 1 unspecified atom stereocenters. The minimum absolute atomic E-state index is 0.197. The fourth-order valence-electron chi connectivity index (χ4n) is 5.81. The number of aryl methyl sites for hydroxylation is 2. The summed E-state index contributed by atoms with van der Waals surface area (Å²) in [6.07, 6.45) is 3.02. The Kier molecular flexibility index (Phi) is 9.41. The second-order valence-electron chi connectivity index (χ2n) is 12.6. The lowest BCUT2D eigenvalue weighted by molar-refractivity contribution is -0.121. The van der Waals surface area contributed by atoms with Crippen molar-refractivity contribution in [2.24, 2.45) is 5.92 Å². The number of para-hydroxylation sites is 1. The lowest BCUT2D eigenvalue weighted by Crippen LogP contribution is -2.34. The molecule has 3 aromatic carbocycles. The van der Waals surface area contributed by atoms with Crippen LogP contribution in [-0.4, -0.2) is 34.7 Å². The summed E-state index contributed by atoms with van der Waals surface area (Å²) >= 11 is 0. The van der Waals surface area contributed by atoms with Gasteiger partial charge in [-0.2, -0.15) is 5.10 Å². The number of ketones is 1. The Morgan fingerprint density at radius 1 is 0.930 bits per heavy atom. The van der Waals surface area contributed by atoms with Gasteiger partial charge in [0, 0.05) is 29.5 Å². The number of anilines is 2. The first-order valence-corrected chi connectivity index (χ1v) is 15.3. The summed E-state index contributed by atoms with van der Waals surface area (Å²) in [5.41, 5.74) is 5.39. The highest BCUT2D eigenvalue weighted by atomic mass is 16.2. The minimum Gasteiger partial charge on any atom is -0.317 e. The van der Waals surface area contributed by atoms with Gasteiger partial charge in [-0.25, -0.2) is 9.48 Å². The maximum atomic E-state index is 13.9. The van der Waals surface area contributed by atoms with Gasteiger partial charge < -0.3 is 10.6 Å². The zero-order valence-corrected chi connectivity index (χ0v) is 25.7. The molecule has 0 spiro atoms. The molecule has 4 aromatic rings. The highest BCUT2D eigenvalue weighted by molar-refractivity contribution is 6.01. The van der Waals surface area contributed by atoms with E-state index in [2.05, 4.69) is 48.9 Å². The number of hydrogen-bond acceptors (Lipinski definition) is 4. The van der Waals surface area contributed by atoms with Crippen LogP contribution in [0.5, 0.6) is 0 Å². The Hall–Kier alpha value is -4.23. The predicted molar refractivity (Wildman–Crippen MR) is 174 cm³/mol. The van der Waals surface area contributed by atoms with Crippen molar-refractivity contribution in [2.75, 3.05) is 23.7 Å². The average molecular weight is 578 g/mol. The van der Waals surface area contributed by atoms with Crippen molar-refractivity contribution in [3.8, 4) is 5.69 Å². The second-order valence-corrected chi connectivity index (χ2v) is 12.6. The maximum Gasteiger partial charge on any atom is 0.324 e. The summed E-state index contributed by atoms with van der Waals surface area (Å²) in [6, 6.07) is 27.5. The Balaban J connectivity index is 1.40. The molecule has 7 nitrogen and oxygen atoms in total. The zero-order chi connectivity index (χ0) is 30.4. The van der Waals surface area contributed by atoms with Crippen LogP contribution in [0.3, 0.4) is 0 Å². The summed E-state index contributed by atoms with van der Waals surface area (Å²) in [7, 11) is 0. The van der Waals surface area contributed by atoms with Crippen molar-refractivity contribution in [2.45, 2.75) is 64.7 Å². The highest BCUT2D eigenvalue weighted by Gasteiger charge is 2.32. The molecule has 7 heteroatoms. The van der Waals surface area contributed by atoms with Crippen LogP contribution in [-0.2, 0) is 16.6 Å². The first-order valence-electron chi connectivity index (χ1n) is 15.3. The molecule has 224 valence electrons. The van der Waals surface area contributed by atoms with E-state index in [-0.39, 0.29) is 29.1 Å². The molecule has 1 saturated heterocycles. The molecule has 0 aliphatic carbocycles. The van der Waals surface area contributed by atoms with E-state index < -0.39 is 0 Å². The topological polar surface area (TPSA) is 88.1 Å². The average Bonchev–Trinajstić information content (AvgIpc) is 3.43. The number of benzene rings is 3. The van der Waals surface area contributed by atoms with Crippen molar-refractivity contribution < 1.29 is 9.59 Å². The summed E-state index contributed by atoms with van der Waals surface area (Å²) in [4.78, 5) is 27.5. The molecule has 1 aromatic heterocycles. The Morgan fingerprint density at radius 2 is 1.60 bits per heavy atom. The van der Waals surface area contributed by atoms with Gasteiger partial charge in [-0.3, -0.25) is 10.1 Å². The lowest BCUT2D eigenvalue weighted by Gasteiger charge is -2.31. The number of urea groups is 1. The number of hydrogen-bond donors (Lipinski definition) is 3. The van der Waals surface area contributed by atoms with E-state index in [0.29, 0.717) is 24.3 Å². The number of nitrogens with one attached hydrogen (secondary N) is 3. The van der Waals surface area contributed by atoms with E-state index in [4.69, 9.17) is 5.10 Å². The first-order chi connectivity index (χ1) is 20.7. The molecule has 0 saturated carbocycles. The third-order valence-corrected chi connectivity index (χ3v) is 8.25. The van der Waals surface area contributed by atoms with Crippen LogP contribution in [0.4, 0.5) is 16.3 Å². The van der Waals surface area contributed by atoms with E-state index in [9.17, 15) is 9.59 Å². The molecule has 0 radical (unpaired) electrons. The van der Waals surface area contributed by atoms with Gasteiger partial charge in [-0.05, 0) is 74.5 Å². The van der Waals surface area contributed by atoms with Crippen LogP contribution in [0.1, 0.15) is 68.3 Å². The molecule has 1 atom stereocenters. The largest absolute Gasteiger partial charge is 0.324 e. The fraction of sp³-hybridized carbons (Fsp3) is 0.361. The number of carbonyl (C=O) groups is 2. The van der Waals surface area contributed by atoms with E-state index in [0.717, 1.165) is 54.0 Å². The first kappa shape index (κ1) is 30.2. The summed E-state index contributed by atoms with van der Waals surface area (Å²) in [5.74, 6) is 0.732. The Bertz CT molecular complexity index is 1530. The molecular weight excluding hydrogens is 534 g/mol. The van der Waals surface area contributed by atoms with E-state index in [1.165, 1.54) is 0 Å². The van der Waals surface area contributed by atoms with E-state index in [1.54, 1.807) is 4.68 Å². The molecule has 5 rings (SSSR count). The van der Waals surface area contributed by atoms with Gasteiger partial charge in [0.2, 0.25) is 0 Å². The van der Waals surface area contributed by atoms with Gasteiger partial charge in [0.15, 0.2) is 0 Å². The molecule has 3 N–H and O–H groups in total. The van der Waals surface area contributed by atoms with Crippen LogP contribution in [0.25, 0.3) is 5.69 Å². The fourth-order valence-corrected chi connectivity index (χ4v) is 5.81. The van der Waals surface area contributed by atoms with Crippen molar-refractivity contribution in [1.29, 1.82) is 0 Å². The van der Waals surface area contributed by atoms with Gasteiger partial charge in [0.1, 0.15) is 11.6 Å². The Labute approximate surface area is 255 Å². The molecule has 0 bridgehead atoms. The minimum atomic E-state index is -0.373. The number of Topliss-reactive ketones (excluding diaryl/α,β-unsaturated/α-hetero) is 1. The Morgan fingerprint density at radius 3 is 2.30 bits per heavy atom. The van der Waals surface area contributed by atoms with Crippen LogP contribution in [0.15, 0.2) is 84.9 Å². The molecule has 2 amide bonds. The van der Waals surface area contributed by atoms with Gasteiger partial charge >= 0.3 is 6.03 Å². The standard InChI is InChI=1S/C36H43N5O2/c1-25-14-17-28(18-15-25)41-33(24-32(40-41)36(2,3)4)39-35(43)38-30-13-9-8-12-29(30)34(27-20-22-37-23-21-27)31(42)19-16-26-10-6-5-7-11-26/h5-15,17-18,24,27,34,37H,16,19-23H2,1-4H3,(H2,38,39,43). The van der Waals surface area contributed by atoms with Gasteiger partial charge in [-0.15, -0.1) is 0 Å². The molecular formula is C36H43N5O2. The third-order valence-electron chi connectivity index (χ3n) is 8.25. The molecule has 1 fully saturated rings. The lowest BCUT2D eigenvalue weighted by atomic mass is 9.76. The number of nitrogens with zero attached hydrogens (tertiary/aromatic N) is 2. The van der Waals surface area contributed by atoms with Crippen molar-refractivity contribution in [3.05, 3.63) is 107 Å². The number of piperidine rings is 1. The van der Waals surface area contributed by atoms with Gasteiger partial charge in [0.25, 0.3) is 0 Å². The molecule has 2 heterocycles. The number of aromatic nitrogens is 2. The third kappa shape index (κ3) is 7.59. The predicted octanol–water partition coefficient (Wildman–Crippen LogP) is 7.41. The quantitative estimate of drug-likeness (QED) is 0.193. The zero-order valence-electron chi connectivity index (χ0n) is 25.7. The van der Waals surface area contributed by atoms with Gasteiger partial charge in [0.05, 0.1) is 11.4 Å². The monoisotopic (exact) mass is 577 g/mol. The van der Waals surface area contributed by atoms with E-state index >= 15 is 0 Å². The van der Waals surface area contributed by atoms with Crippen molar-refractivity contribution >= 4 is 23.3 Å². The normalized spacial score (nSPS) is 14.7. The van der Waals surface area contributed by atoms with Crippen LogP contribution in [0.2, 0.25) is 0 Å². The van der Waals surface area contributed by atoms with Crippen LogP contribution in [0, 0.1) is 12.8 Å². The van der Waals surface area contributed by atoms with Crippen LogP contribution >= 0.6 is 0 Å². The summed E-state index contributed by atoms with van der Waals surface area (Å²) in [6.45, 7) is 10.1. The second kappa shape index (κ2) is 13.4. The summed E-state index contributed by atoms with van der Waals surface area (Å²) < 4.78 is 1.77. The van der Waals surface area contributed by atoms with E-state index in [1.807, 2.05) is 79.7 Å². The number of amides is 2. The molecule has 43 heavy (non-hydrogen) atoms. The van der Waals surface area contributed by atoms with Gasteiger partial charge in [-0.1, -0.05) is 87.0 Å². The smallest absolute Gasteiger partial charge is 0.317 e. The molecule has 1 aliphatic heterocycles. The maximum absolute atomic E-state index is 13.9. The molecule has 1 aliphatic rings. The SMILES string of the molecule is Cc1ccc(-n2nc(C(C)(C)C)cc2NC(=O)Nc2ccccc2C(C(=O)CCc2ccccc2)C2CCNCC2)cc1. The number of rotatable bonds is 9. The summed E-state index contributed by atoms with van der Waals surface area (Å²) in [5, 5.41) is 14.4. The highest BCUT2D eigenvalue weighted by Crippen LogP contribution is 2.37.